The fourth-order valence-electron chi connectivity index (χ4n) is 1.73. The van der Waals surface area contributed by atoms with Crippen molar-refractivity contribution in [3.05, 3.63) is 11.8 Å². The lowest BCUT2D eigenvalue weighted by Gasteiger charge is -2.12. The molecule has 0 fully saturated rings. The lowest BCUT2D eigenvalue weighted by atomic mass is 10.2. The molecule has 1 atom stereocenters. The molecule has 0 aromatic carbocycles. The van der Waals surface area contributed by atoms with Gasteiger partial charge in [-0.05, 0) is 20.3 Å². The number of carbonyl (C=O) groups excluding carboxylic acids is 1. The summed E-state index contributed by atoms with van der Waals surface area (Å²) in [6.45, 7) is 6.26. The van der Waals surface area contributed by atoms with E-state index in [9.17, 15) is 13.2 Å². The van der Waals surface area contributed by atoms with Crippen molar-refractivity contribution in [1.82, 2.24) is 15.1 Å². The molecule has 0 aliphatic rings. The Labute approximate surface area is 119 Å². The van der Waals surface area contributed by atoms with Gasteiger partial charge in [0.1, 0.15) is 5.56 Å². The molecule has 0 radical (unpaired) electrons. The Morgan fingerprint density at radius 1 is 1.50 bits per heavy atom. The smallest absolute Gasteiger partial charge is 0.307 e. The number of hydrogen-bond acceptors (Lipinski definition) is 5. The van der Waals surface area contributed by atoms with Gasteiger partial charge in [0.15, 0.2) is 0 Å². The quantitative estimate of drug-likeness (QED) is 0.763. The third-order valence-electron chi connectivity index (χ3n) is 2.63. The van der Waals surface area contributed by atoms with Crippen molar-refractivity contribution in [1.29, 1.82) is 0 Å². The lowest BCUT2D eigenvalue weighted by Crippen LogP contribution is -2.32. The van der Waals surface area contributed by atoms with Gasteiger partial charge in [-0.1, -0.05) is 13.3 Å². The molecule has 1 N–H and O–H groups in total. The van der Waals surface area contributed by atoms with E-state index in [-0.39, 0.29) is 23.4 Å². The first-order valence-corrected chi connectivity index (χ1v) is 8.36. The number of aromatic nitrogens is 2. The number of aryl methyl sites for hydroxylation is 1. The average molecular weight is 303 g/mol. The van der Waals surface area contributed by atoms with Crippen LogP contribution in [0.3, 0.4) is 0 Å². The molecule has 0 aliphatic carbocycles. The molecule has 20 heavy (non-hydrogen) atoms. The average Bonchev–Trinajstić information content (AvgIpc) is 2.70. The standard InChI is InChI=1S/C12H21N3O4S/c1-5-7-9(3)13-11(16)10-8-15(6-2)14-12(10)19-20(4,17)18/h8-9H,5-7H2,1-4H3,(H,13,16). The first kappa shape index (κ1) is 16.5. The van der Waals surface area contributed by atoms with Crippen LogP contribution in [0.5, 0.6) is 5.88 Å². The third-order valence-corrected chi connectivity index (χ3v) is 3.09. The molecule has 1 aromatic heterocycles. The highest BCUT2D eigenvalue weighted by Gasteiger charge is 2.21. The zero-order valence-electron chi connectivity index (χ0n) is 12.2. The first-order chi connectivity index (χ1) is 9.26. The van der Waals surface area contributed by atoms with E-state index >= 15 is 0 Å². The summed E-state index contributed by atoms with van der Waals surface area (Å²) in [5, 5.41) is 6.74. The number of carbonyl (C=O) groups is 1. The Bertz CT molecular complexity index is 565. The third kappa shape index (κ3) is 4.84. The Morgan fingerprint density at radius 3 is 2.65 bits per heavy atom. The number of hydrogen-bond donors (Lipinski definition) is 1. The van der Waals surface area contributed by atoms with E-state index in [1.807, 2.05) is 20.8 Å². The summed E-state index contributed by atoms with van der Waals surface area (Å²) < 4.78 is 28.6. The number of amides is 1. The summed E-state index contributed by atoms with van der Waals surface area (Å²) in [5.74, 6) is -0.570. The van der Waals surface area contributed by atoms with Crippen LogP contribution in [0.15, 0.2) is 6.20 Å². The number of nitrogens with one attached hydrogen (secondary N) is 1. The summed E-state index contributed by atoms with van der Waals surface area (Å²) in [6, 6.07) is 0.00330. The van der Waals surface area contributed by atoms with E-state index in [2.05, 4.69) is 10.4 Å². The maximum absolute atomic E-state index is 12.1. The summed E-state index contributed by atoms with van der Waals surface area (Å²) in [4.78, 5) is 12.1. The summed E-state index contributed by atoms with van der Waals surface area (Å²) in [7, 11) is -3.72. The van der Waals surface area contributed by atoms with E-state index in [0.717, 1.165) is 19.1 Å². The molecule has 1 heterocycles. The SMILES string of the molecule is CCCC(C)NC(=O)c1cn(CC)nc1OS(C)(=O)=O. The van der Waals surface area contributed by atoms with E-state index in [1.54, 1.807) is 0 Å². The maximum atomic E-state index is 12.1. The minimum Gasteiger partial charge on any atom is -0.359 e. The van der Waals surface area contributed by atoms with Crippen molar-refractivity contribution in [2.45, 2.75) is 46.2 Å². The van der Waals surface area contributed by atoms with Crippen LogP contribution in [0.4, 0.5) is 0 Å². The van der Waals surface area contributed by atoms with Gasteiger partial charge >= 0.3 is 10.1 Å². The Morgan fingerprint density at radius 2 is 2.15 bits per heavy atom. The molecule has 1 rings (SSSR count). The van der Waals surface area contributed by atoms with Crippen molar-refractivity contribution in [3.63, 3.8) is 0 Å². The summed E-state index contributed by atoms with van der Waals surface area (Å²) in [6.07, 6.45) is 4.19. The van der Waals surface area contributed by atoms with Crippen LogP contribution >= 0.6 is 0 Å². The van der Waals surface area contributed by atoms with Crippen LogP contribution in [0.1, 0.15) is 44.0 Å². The normalized spacial score (nSPS) is 13.0. The molecule has 1 amide bonds. The summed E-state index contributed by atoms with van der Waals surface area (Å²) >= 11 is 0. The van der Waals surface area contributed by atoms with E-state index in [4.69, 9.17) is 4.18 Å². The largest absolute Gasteiger partial charge is 0.359 e. The molecule has 0 aliphatic heterocycles. The molecule has 114 valence electrons. The monoisotopic (exact) mass is 303 g/mol. The second kappa shape index (κ2) is 6.74. The van der Waals surface area contributed by atoms with Crippen molar-refractivity contribution >= 4 is 16.0 Å². The van der Waals surface area contributed by atoms with Gasteiger partial charge in [0.25, 0.3) is 11.8 Å². The van der Waals surface area contributed by atoms with E-state index in [0.29, 0.717) is 6.54 Å². The first-order valence-electron chi connectivity index (χ1n) is 6.54. The highest BCUT2D eigenvalue weighted by molar-refractivity contribution is 7.86. The molecule has 0 spiro atoms. The molecule has 0 saturated heterocycles. The fraction of sp³-hybridized carbons (Fsp3) is 0.667. The molecular formula is C12H21N3O4S. The van der Waals surface area contributed by atoms with Crippen LogP contribution in [0, 0.1) is 0 Å². The maximum Gasteiger partial charge on any atom is 0.307 e. The topological polar surface area (TPSA) is 90.3 Å². The van der Waals surface area contributed by atoms with Crippen LogP contribution < -0.4 is 9.50 Å². The fourth-order valence-corrected chi connectivity index (χ4v) is 2.14. The van der Waals surface area contributed by atoms with Gasteiger partial charge in [0.05, 0.1) is 6.26 Å². The highest BCUT2D eigenvalue weighted by Crippen LogP contribution is 2.18. The van der Waals surface area contributed by atoms with Gasteiger partial charge in [-0.15, -0.1) is 5.10 Å². The molecule has 0 saturated carbocycles. The number of rotatable bonds is 7. The predicted octanol–water partition coefficient (Wildman–Crippen LogP) is 1.16. The Balaban J connectivity index is 2.97. The van der Waals surface area contributed by atoms with Crippen molar-refractivity contribution < 1.29 is 17.4 Å². The second-order valence-corrected chi connectivity index (χ2v) is 6.23. The molecule has 1 aromatic rings. The van der Waals surface area contributed by atoms with Gasteiger partial charge in [0, 0.05) is 18.8 Å². The molecule has 0 bridgehead atoms. The Hall–Kier alpha value is -1.57. The van der Waals surface area contributed by atoms with E-state index in [1.165, 1.54) is 10.9 Å². The van der Waals surface area contributed by atoms with Gasteiger partial charge < -0.3 is 9.50 Å². The van der Waals surface area contributed by atoms with Crippen molar-refractivity contribution in [2.24, 2.45) is 0 Å². The minimum absolute atomic E-state index is 0.00330. The van der Waals surface area contributed by atoms with Crippen LogP contribution in [-0.2, 0) is 16.7 Å². The van der Waals surface area contributed by atoms with Gasteiger partial charge in [-0.25, -0.2) is 0 Å². The molecule has 8 heteroatoms. The predicted molar refractivity (Wildman–Crippen MR) is 75.2 cm³/mol. The molecular weight excluding hydrogens is 282 g/mol. The molecule has 7 nitrogen and oxygen atoms in total. The zero-order valence-corrected chi connectivity index (χ0v) is 13.0. The van der Waals surface area contributed by atoms with E-state index < -0.39 is 10.1 Å². The van der Waals surface area contributed by atoms with Crippen LogP contribution in [0.2, 0.25) is 0 Å². The zero-order chi connectivity index (χ0) is 15.3. The number of nitrogens with zero attached hydrogens (tertiary/aromatic N) is 2. The molecule has 1 unspecified atom stereocenters. The van der Waals surface area contributed by atoms with Crippen LogP contribution in [-0.4, -0.2) is 36.4 Å². The second-order valence-electron chi connectivity index (χ2n) is 4.65. The highest BCUT2D eigenvalue weighted by atomic mass is 32.2. The van der Waals surface area contributed by atoms with Crippen LogP contribution in [0.25, 0.3) is 0 Å². The Kier molecular flexibility index (Phi) is 5.55. The lowest BCUT2D eigenvalue weighted by molar-refractivity contribution is 0.0937. The van der Waals surface area contributed by atoms with Gasteiger partial charge in [-0.3, -0.25) is 9.48 Å². The van der Waals surface area contributed by atoms with Gasteiger partial charge in [0.2, 0.25) is 0 Å². The van der Waals surface area contributed by atoms with Crippen molar-refractivity contribution in [3.8, 4) is 5.88 Å². The summed E-state index contributed by atoms with van der Waals surface area (Å²) in [5.41, 5.74) is 0.125. The minimum atomic E-state index is -3.72. The van der Waals surface area contributed by atoms with Gasteiger partial charge in [-0.2, -0.15) is 8.42 Å². The van der Waals surface area contributed by atoms with Crippen molar-refractivity contribution in [2.75, 3.05) is 6.26 Å².